The van der Waals surface area contributed by atoms with E-state index in [1.807, 2.05) is 18.2 Å². The van der Waals surface area contributed by atoms with E-state index in [2.05, 4.69) is 28.5 Å². The van der Waals surface area contributed by atoms with Crippen LogP contribution in [0.25, 0.3) is 10.9 Å². The maximum absolute atomic E-state index is 10.8. The molecule has 0 bridgehead atoms. The first-order valence-electron chi connectivity index (χ1n) is 7.41. The van der Waals surface area contributed by atoms with Crippen molar-refractivity contribution in [2.45, 2.75) is 12.5 Å². The Hall–Kier alpha value is -2.66. The van der Waals surface area contributed by atoms with Crippen LogP contribution in [0.2, 0.25) is 0 Å². The quantitative estimate of drug-likeness (QED) is 0.562. The molecule has 3 aromatic rings. The number of nitro groups is 1. The lowest BCUT2D eigenvalue weighted by atomic mass is 9.94. The van der Waals surface area contributed by atoms with E-state index in [9.17, 15) is 10.1 Å². The Kier molecular flexibility index (Phi) is 2.94. The molecule has 0 amide bonds. The lowest BCUT2D eigenvalue weighted by Crippen LogP contribution is -2.87. The third-order valence-electron chi connectivity index (χ3n) is 4.42. The van der Waals surface area contributed by atoms with E-state index in [0.717, 1.165) is 24.0 Å². The van der Waals surface area contributed by atoms with Crippen molar-refractivity contribution in [1.82, 2.24) is 4.98 Å². The summed E-state index contributed by atoms with van der Waals surface area (Å²) in [6.07, 6.45) is 1.04. The minimum atomic E-state index is -0.358. The zero-order valence-electron chi connectivity index (χ0n) is 12.0. The predicted octanol–water partition coefficient (Wildman–Crippen LogP) is 2.29. The summed E-state index contributed by atoms with van der Waals surface area (Å²) >= 11 is 0. The van der Waals surface area contributed by atoms with Crippen LogP contribution in [0.15, 0.2) is 48.5 Å². The van der Waals surface area contributed by atoms with Crippen LogP contribution < -0.4 is 5.32 Å². The Morgan fingerprint density at radius 3 is 2.68 bits per heavy atom. The highest BCUT2D eigenvalue weighted by Crippen LogP contribution is 2.31. The summed E-state index contributed by atoms with van der Waals surface area (Å²) in [6.45, 7) is 1.02. The number of fused-ring (bicyclic) bond motifs is 3. The molecule has 1 unspecified atom stereocenters. The predicted molar refractivity (Wildman–Crippen MR) is 83.7 cm³/mol. The van der Waals surface area contributed by atoms with Crippen LogP contribution >= 0.6 is 0 Å². The molecule has 0 spiro atoms. The van der Waals surface area contributed by atoms with Crippen molar-refractivity contribution in [3.05, 3.63) is 75.5 Å². The summed E-state index contributed by atoms with van der Waals surface area (Å²) in [5, 5.41) is 14.4. The number of para-hydroxylation sites is 1. The van der Waals surface area contributed by atoms with Gasteiger partial charge >= 0.3 is 0 Å². The monoisotopic (exact) mass is 294 g/mol. The molecule has 3 N–H and O–H groups in total. The number of non-ortho nitro benzene ring substituents is 1. The summed E-state index contributed by atoms with van der Waals surface area (Å²) in [5.41, 5.74) is 4.99. The second kappa shape index (κ2) is 4.96. The van der Waals surface area contributed by atoms with Gasteiger partial charge in [0.15, 0.2) is 6.04 Å². The Labute approximate surface area is 127 Å². The zero-order chi connectivity index (χ0) is 15.1. The van der Waals surface area contributed by atoms with Crippen molar-refractivity contribution >= 4 is 16.6 Å². The van der Waals surface area contributed by atoms with Crippen LogP contribution in [0.4, 0.5) is 5.69 Å². The molecule has 0 aliphatic carbocycles. The normalized spacial score (nSPS) is 17.4. The highest BCUT2D eigenvalue weighted by atomic mass is 16.6. The van der Waals surface area contributed by atoms with Gasteiger partial charge in [-0.2, -0.15) is 0 Å². The molecule has 1 aromatic heterocycles. The highest BCUT2D eigenvalue weighted by molar-refractivity contribution is 5.85. The molecule has 4 rings (SSSR count). The van der Waals surface area contributed by atoms with Gasteiger partial charge in [-0.05, 0) is 23.8 Å². The molecular weight excluding hydrogens is 278 g/mol. The number of hydrogen-bond donors (Lipinski definition) is 2. The molecule has 22 heavy (non-hydrogen) atoms. The Bertz CT molecular complexity index is 852. The van der Waals surface area contributed by atoms with Gasteiger partial charge in [0, 0.05) is 35.0 Å². The van der Waals surface area contributed by atoms with Gasteiger partial charge in [-0.15, -0.1) is 0 Å². The molecule has 0 saturated carbocycles. The van der Waals surface area contributed by atoms with Crippen LogP contribution in [-0.4, -0.2) is 16.5 Å². The number of nitro benzene ring substituents is 1. The Balaban J connectivity index is 1.80. The average molecular weight is 294 g/mol. The summed E-state index contributed by atoms with van der Waals surface area (Å²) in [5.74, 6) is 0. The maximum atomic E-state index is 10.8. The fourth-order valence-electron chi connectivity index (χ4n) is 3.37. The zero-order valence-corrected chi connectivity index (χ0v) is 12.0. The number of benzene rings is 2. The molecule has 2 aromatic carbocycles. The summed E-state index contributed by atoms with van der Waals surface area (Å²) < 4.78 is 0. The number of aromatic nitrogens is 1. The molecule has 2 heterocycles. The van der Waals surface area contributed by atoms with Crippen molar-refractivity contribution < 1.29 is 10.2 Å². The molecule has 5 heteroatoms. The Morgan fingerprint density at radius 1 is 1.14 bits per heavy atom. The SMILES string of the molecule is O=[N+]([O-])c1ccc(C2[NH2+]CCc3c2[nH]c2ccccc32)cc1. The van der Waals surface area contributed by atoms with Gasteiger partial charge in [0.1, 0.15) is 0 Å². The number of nitrogens with one attached hydrogen (secondary N) is 1. The average Bonchev–Trinajstić information content (AvgIpc) is 2.93. The number of rotatable bonds is 2. The molecule has 0 saturated heterocycles. The van der Waals surface area contributed by atoms with Gasteiger partial charge in [0.05, 0.1) is 17.2 Å². The maximum Gasteiger partial charge on any atom is 0.269 e. The van der Waals surface area contributed by atoms with Gasteiger partial charge in [-0.1, -0.05) is 18.2 Å². The number of hydrogen-bond acceptors (Lipinski definition) is 2. The van der Waals surface area contributed by atoms with Gasteiger partial charge in [0.2, 0.25) is 0 Å². The van der Waals surface area contributed by atoms with Crippen LogP contribution in [-0.2, 0) is 6.42 Å². The first-order chi connectivity index (χ1) is 10.7. The van der Waals surface area contributed by atoms with Crippen molar-refractivity contribution in [1.29, 1.82) is 0 Å². The van der Waals surface area contributed by atoms with Crippen LogP contribution in [0.1, 0.15) is 22.9 Å². The largest absolute Gasteiger partial charge is 0.353 e. The number of nitrogens with two attached hydrogens (primary N) is 1. The molecule has 1 atom stereocenters. The summed E-state index contributed by atoms with van der Waals surface area (Å²) in [7, 11) is 0. The minimum absolute atomic E-state index is 0.136. The first kappa shape index (κ1) is 13.0. The highest BCUT2D eigenvalue weighted by Gasteiger charge is 2.28. The van der Waals surface area contributed by atoms with Gasteiger partial charge < -0.3 is 10.3 Å². The minimum Gasteiger partial charge on any atom is -0.353 e. The lowest BCUT2D eigenvalue weighted by Gasteiger charge is -2.21. The molecule has 0 fully saturated rings. The molecule has 1 aliphatic heterocycles. The van der Waals surface area contributed by atoms with Crippen LogP contribution in [0.3, 0.4) is 0 Å². The van der Waals surface area contributed by atoms with E-state index < -0.39 is 0 Å². The molecule has 110 valence electrons. The second-order valence-electron chi connectivity index (χ2n) is 5.66. The molecule has 0 radical (unpaired) electrons. The van der Waals surface area contributed by atoms with Crippen molar-refractivity contribution in [2.75, 3.05) is 6.54 Å². The number of aromatic amines is 1. The van der Waals surface area contributed by atoms with E-state index >= 15 is 0 Å². The van der Waals surface area contributed by atoms with Crippen molar-refractivity contribution in [3.8, 4) is 0 Å². The fourth-order valence-corrected chi connectivity index (χ4v) is 3.37. The number of H-pyrrole nitrogens is 1. The second-order valence-corrected chi connectivity index (χ2v) is 5.66. The summed E-state index contributed by atoms with van der Waals surface area (Å²) in [6, 6.07) is 15.4. The topological polar surface area (TPSA) is 75.5 Å². The Morgan fingerprint density at radius 2 is 1.91 bits per heavy atom. The van der Waals surface area contributed by atoms with E-state index in [-0.39, 0.29) is 16.7 Å². The number of nitrogens with zero attached hydrogens (tertiary/aromatic N) is 1. The van der Waals surface area contributed by atoms with Gasteiger partial charge in [0.25, 0.3) is 5.69 Å². The third-order valence-corrected chi connectivity index (χ3v) is 4.42. The smallest absolute Gasteiger partial charge is 0.269 e. The fraction of sp³-hybridized carbons (Fsp3) is 0.176. The van der Waals surface area contributed by atoms with E-state index in [1.54, 1.807) is 12.1 Å². The van der Waals surface area contributed by atoms with Crippen LogP contribution in [0.5, 0.6) is 0 Å². The van der Waals surface area contributed by atoms with Crippen LogP contribution in [0, 0.1) is 10.1 Å². The van der Waals surface area contributed by atoms with E-state index in [0.29, 0.717) is 0 Å². The van der Waals surface area contributed by atoms with Gasteiger partial charge in [-0.3, -0.25) is 10.1 Å². The lowest BCUT2D eigenvalue weighted by molar-refractivity contribution is -0.690. The van der Waals surface area contributed by atoms with E-state index in [4.69, 9.17) is 0 Å². The molecule has 1 aliphatic rings. The van der Waals surface area contributed by atoms with Gasteiger partial charge in [-0.25, -0.2) is 0 Å². The van der Waals surface area contributed by atoms with E-state index in [1.165, 1.54) is 16.6 Å². The number of quaternary nitrogens is 1. The standard InChI is InChI=1S/C17H15N3O2/c21-20(22)12-7-5-11(6-8-12)16-17-14(9-10-18-16)13-3-1-2-4-15(13)19-17/h1-8,16,18-19H,9-10H2/p+1. The molecular formula is C17H16N3O2+. The first-order valence-corrected chi connectivity index (χ1v) is 7.41. The summed E-state index contributed by atoms with van der Waals surface area (Å²) in [4.78, 5) is 14.0. The molecule has 5 nitrogen and oxygen atoms in total. The van der Waals surface area contributed by atoms with Crippen molar-refractivity contribution in [3.63, 3.8) is 0 Å². The van der Waals surface area contributed by atoms with Crippen molar-refractivity contribution in [2.24, 2.45) is 0 Å². The third kappa shape index (κ3) is 1.98.